The van der Waals surface area contributed by atoms with Gasteiger partial charge in [0, 0.05) is 28.7 Å². The molecule has 1 aromatic carbocycles. The number of aromatic amines is 1. The van der Waals surface area contributed by atoms with Gasteiger partial charge in [-0.15, -0.1) is 0 Å². The molecule has 2 heterocycles. The fraction of sp³-hybridized carbons (Fsp3) is 0.474. The topological polar surface area (TPSA) is 74.0 Å². The zero-order valence-electron chi connectivity index (χ0n) is 13.8. The maximum Gasteiger partial charge on any atom is 0.252 e. The van der Waals surface area contributed by atoms with Gasteiger partial charge in [-0.3, -0.25) is 9.59 Å². The minimum absolute atomic E-state index is 0.0720. The van der Waals surface area contributed by atoms with Crippen molar-refractivity contribution in [1.29, 1.82) is 0 Å². The standard InChI is InChI=1S/C19H23N3O2/c23-18(22-16-7-3-4-10-20-19(16)24)12-8-9-14-13-5-1-2-6-15(13)21-17(14)11-12/h8-9,11,16,21H,1-7,10H2,(H,20,24)(H,22,23)/t16-/m1/s1. The second-order valence-electron chi connectivity index (χ2n) is 6.86. The molecule has 24 heavy (non-hydrogen) atoms. The summed E-state index contributed by atoms with van der Waals surface area (Å²) < 4.78 is 0. The van der Waals surface area contributed by atoms with Gasteiger partial charge in [0.15, 0.2) is 0 Å². The fourth-order valence-electron chi connectivity index (χ4n) is 3.87. The van der Waals surface area contributed by atoms with Gasteiger partial charge in [-0.05, 0) is 62.6 Å². The highest BCUT2D eigenvalue weighted by atomic mass is 16.2. The van der Waals surface area contributed by atoms with Crippen molar-refractivity contribution < 1.29 is 9.59 Å². The van der Waals surface area contributed by atoms with Crippen molar-refractivity contribution in [1.82, 2.24) is 15.6 Å². The zero-order valence-corrected chi connectivity index (χ0v) is 13.8. The van der Waals surface area contributed by atoms with E-state index in [1.807, 2.05) is 18.2 Å². The van der Waals surface area contributed by atoms with Crippen LogP contribution in [0.3, 0.4) is 0 Å². The molecule has 3 N–H and O–H groups in total. The van der Waals surface area contributed by atoms with Gasteiger partial charge in [-0.2, -0.15) is 0 Å². The minimum Gasteiger partial charge on any atom is -0.358 e. The van der Waals surface area contributed by atoms with Crippen LogP contribution in [0, 0.1) is 0 Å². The molecule has 0 radical (unpaired) electrons. The number of H-pyrrole nitrogens is 1. The highest BCUT2D eigenvalue weighted by Crippen LogP contribution is 2.29. The van der Waals surface area contributed by atoms with E-state index in [1.54, 1.807) is 0 Å². The molecule has 1 aromatic heterocycles. The Morgan fingerprint density at radius 2 is 2.00 bits per heavy atom. The summed E-state index contributed by atoms with van der Waals surface area (Å²) >= 11 is 0. The lowest BCUT2D eigenvalue weighted by Crippen LogP contribution is -2.45. The zero-order chi connectivity index (χ0) is 16.5. The molecule has 0 bridgehead atoms. The molecule has 2 aromatic rings. The molecule has 0 saturated carbocycles. The fourth-order valence-corrected chi connectivity index (χ4v) is 3.87. The van der Waals surface area contributed by atoms with Gasteiger partial charge >= 0.3 is 0 Å². The second kappa shape index (κ2) is 6.30. The summed E-state index contributed by atoms with van der Waals surface area (Å²) in [6, 6.07) is 5.40. The summed E-state index contributed by atoms with van der Waals surface area (Å²) in [5.41, 5.74) is 4.36. The molecular formula is C19H23N3O2. The highest BCUT2D eigenvalue weighted by Gasteiger charge is 2.23. The number of amides is 2. The first-order valence-corrected chi connectivity index (χ1v) is 8.94. The molecule has 1 saturated heterocycles. The molecule has 1 atom stereocenters. The van der Waals surface area contributed by atoms with Crippen LogP contribution in [0.4, 0.5) is 0 Å². The molecule has 1 aliphatic carbocycles. The summed E-state index contributed by atoms with van der Waals surface area (Å²) in [5.74, 6) is -0.246. The van der Waals surface area contributed by atoms with Crippen LogP contribution in [0.15, 0.2) is 18.2 Å². The Balaban J connectivity index is 1.57. The van der Waals surface area contributed by atoms with E-state index in [4.69, 9.17) is 0 Å². The molecule has 4 rings (SSSR count). The van der Waals surface area contributed by atoms with Gasteiger partial charge in [0.25, 0.3) is 5.91 Å². The van der Waals surface area contributed by atoms with Crippen LogP contribution in [0.5, 0.6) is 0 Å². The van der Waals surface area contributed by atoms with Gasteiger partial charge in [0.2, 0.25) is 5.91 Å². The van der Waals surface area contributed by atoms with Crippen molar-refractivity contribution in [2.75, 3.05) is 6.54 Å². The van der Waals surface area contributed by atoms with Crippen molar-refractivity contribution in [3.8, 4) is 0 Å². The van der Waals surface area contributed by atoms with Crippen LogP contribution in [-0.4, -0.2) is 29.4 Å². The third kappa shape index (κ3) is 2.79. The molecule has 0 spiro atoms. The number of hydrogen-bond donors (Lipinski definition) is 3. The van der Waals surface area contributed by atoms with E-state index in [-0.39, 0.29) is 11.8 Å². The largest absolute Gasteiger partial charge is 0.358 e. The predicted molar refractivity (Wildman–Crippen MR) is 93.1 cm³/mol. The van der Waals surface area contributed by atoms with E-state index < -0.39 is 6.04 Å². The van der Waals surface area contributed by atoms with Crippen molar-refractivity contribution in [3.63, 3.8) is 0 Å². The van der Waals surface area contributed by atoms with Crippen molar-refractivity contribution in [2.24, 2.45) is 0 Å². The van der Waals surface area contributed by atoms with Gasteiger partial charge in [0.05, 0.1) is 0 Å². The summed E-state index contributed by atoms with van der Waals surface area (Å²) in [4.78, 5) is 28.0. The van der Waals surface area contributed by atoms with E-state index in [2.05, 4.69) is 15.6 Å². The number of carbonyl (C=O) groups is 2. The quantitative estimate of drug-likeness (QED) is 0.793. The van der Waals surface area contributed by atoms with Crippen LogP contribution in [-0.2, 0) is 17.6 Å². The maximum atomic E-state index is 12.6. The lowest BCUT2D eigenvalue weighted by molar-refractivity contribution is -0.122. The summed E-state index contributed by atoms with van der Waals surface area (Å²) in [6.07, 6.45) is 7.29. The molecule has 2 amide bonds. The molecule has 5 nitrogen and oxygen atoms in total. The van der Waals surface area contributed by atoms with E-state index >= 15 is 0 Å². The van der Waals surface area contributed by atoms with Crippen LogP contribution in [0.1, 0.15) is 53.7 Å². The van der Waals surface area contributed by atoms with Crippen molar-refractivity contribution in [2.45, 2.75) is 51.0 Å². The van der Waals surface area contributed by atoms with E-state index in [9.17, 15) is 9.59 Å². The van der Waals surface area contributed by atoms with E-state index in [0.29, 0.717) is 18.5 Å². The SMILES string of the molecule is O=C(N[C@@H]1CCCCNC1=O)c1ccc2c3c([nH]c2c1)CCCC3. The molecule has 5 heteroatoms. The Morgan fingerprint density at radius 1 is 1.12 bits per heavy atom. The Kier molecular flexibility index (Phi) is 4.00. The highest BCUT2D eigenvalue weighted by molar-refractivity contribution is 6.00. The lowest BCUT2D eigenvalue weighted by atomic mass is 9.95. The Labute approximate surface area is 141 Å². The second-order valence-corrected chi connectivity index (χ2v) is 6.86. The summed E-state index contributed by atoms with van der Waals surface area (Å²) in [7, 11) is 0. The predicted octanol–water partition coefficient (Wildman–Crippen LogP) is 2.45. The van der Waals surface area contributed by atoms with Crippen LogP contribution < -0.4 is 10.6 Å². The van der Waals surface area contributed by atoms with Gasteiger partial charge in [-0.25, -0.2) is 0 Å². The van der Waals surface area contributed by atoms with Crippen LogP contribution >= 0.6 is 0 Å². The Morgan fingerprint density at radius 3 is 2.92 bits per heavy atom. The summed E-state index contributed by atoms with van der Waals surface area (Å²) in [5, 5.41) is 6.97. The molecule has 1 fully saturated rings. The van der Waals surface area contributed by atoms with Gasteiger partial charge < -0.3 is 15.6 Å². The van der Waals surface area contributed by atoms with Gasteiger partial charge in [-0.1, -0.05) is 6.07 Å². The third-order valence-electron chi connectivity index (χ3n) is 5.20. The molecular weight excluding hydrogens is 302 g/mol. The maximum absolute atomic E-state index is 12.6. The Bertz CT molecular complexity index is 793. The number of hydrogen-bond acceptors (Lipinski definition) is 2. The normalized spacial score (nSPS) is 21.0. The van der Waals surface area contributed by atoms with Gasteiger partial charge in [0.1, 0.15) is 6.04 Å². The number of aryl methyl sites for hydroxylation is 2. The summed E-state index contributed by atoms with van der Waals surface area (Å²) in [6.45, 7) is 0.700. The first kappa shape index (κ1) is 15.2. The van der Waals surface area contributed by atoms with Crippen LogP contribution in [0.2, 0.25) is 0 Å². The number of carbonyl (C=O) groups excluding carboxylic acids is 2. The number of fused-ring (bicyclic) bond motifs is 3. The lowest BCUT2D eigenvalue weighted by Gasteiger charge is -2.15. The average Bonchev–Trinajstić information content (AvgIpc) is 2.85. The van der Waals surface area contributed by atoms with E-state index in [1.165, 1.54) is 29.5 Å². The first-order valence-electron chi connectivity index (χ1n) is 8.94. The average molecular weight is 325 g/mol. The smallest absolute Gasteiger partial charge is 0.252 e. The number of nitrogens with one attached hydrogen (secondary N) is 3. The monoisotopic (exact) mass is 325 g/mol. The molecule has 126 valence electrons. The van der Waals surface area contributed by atoms with Crippen molar-refractivity contribution >= 4 is 22.7 Å². The van der Waals surface area contributed by atoms with Crippen LogP contribution in [0.25, 0.3) is 10.9 Å². The molecule has 2 aliphatic rings. The molecule has 1 aliphatic heterocycles. The molecule has 0 unspecified atom stereocenters. The minimum atomic E-state index is -0.424. The Hall–Kier alpha value is -2.30. The number of rotatable bonds is 2. The third-order valence-corrected chi connectivity index (χ3v) is 5.20. The first-order chi connectivity index (χ1) is 11.7. The number of aromatic nitrogens is 1. The van der Waals surface area contributed by atoms with Crippen molar-refractivity contribution in [3.05, 3.63) is 35.0 Å². The number of benzene rings is 1. The van der Waals surface area contributed by atoms with E-state index in [0.717, 1.165) is 31.2 Å².